The first-order valence-electron chi connectivity index (χ1n) is 9.22. The molecule has 0 saturated carbocycles. The van der Waals surface area contributed by atoms with Crippen LogP contribution in [0.1, 0.15) is 21.5 Å². The lowest BCUT2D eigenvalue weighted by molar-refractivity contribution is -0.331. The van der Waals surface area contributed by atoms with Gasteiger partial charge in [-0.25, -0.2) is 9.37 Å². The van der Waals surface area contributed by atoms with Crippen LogP contribution in [0.4, 0.5) is 10.2 Å². The largest absolute Gasteiger partial charge is 0.331 e. The predicted molar refractivity (Wildman–Crippen MR) is 104 cm³/mol. The Hall–Kier alpha value is -3.46. The highest BCUT2D eigenvalue weighted by molar-refractivity contribution is 5.94. The Morgan fingerprint density at radius 1 is 1.11 bits per heavy atom. The van der Waals surface area contributed by atoms with Crippen LogP contribution in [0.15, 0.2) is 48.5 Å². The first-order chi connectivity index (χ1) is 13.6. The number of pyridine rings is 1. The second-order valence-corrected chi connectivity index (χ2v) is 6.99. The van der Waals surface area contributed by atoms with Gasteiger partial charge >= 0.3 is 0 Å². The molecule has 6 heteroatoms. The molecule has 2 aromatic carbocycles. The quantitative estimate of drug-likeness (QED) is 0.692. The van der Waals surface area contributed by atoms with Crippen molar-refractivity contribution < 1.29 is 14.2 Å². The zero-order valence-electron chi connectivity index (χ0n) is 15.6. The minimum absolute atomic E-state index is 0.0984. The zero-order valence-corrected chi connectivity index (χ0v) is 15.6. The van der Waals surface area contributed by atoms with Crippen molar-refractivity contribution in [1.29, 1.82) is 5.26 Å². The van der Waals surface area contributed by atoms with Crippen molar-refractivity contribution in [3.05, 3.63) is 71.0 Å². The maximum absolute atomic E-state index is 13.9. The van der Waals surface area contributed by atoms with E-state index in [-0.39, 0.29) is 11.5 Å². The molecule has 5 nitrogen and oxygen atoms in total. The maximum atomic E-state index is 13.9. The second-order valence-electron chi connectivity index (χ2n) is 6.99. The summed E-state index contributed by atoms with van der Waals surface area (Å²) in [5.41, 5.74) is 2.77. The van der Waals surface area contributed by atoms with Crippen molar-refractivity contribution in [3.8, 4) is 6.07 Å². The average Bonchev–Trinajstić information content (AvgIpc) is 2.72. The number of hydrogen-bond acceptors (Lipinski definition) is 3. The van der Waals surface area contributed by atoms with Crippen molar-refractivity contribution in [2.24, 2.45) is 0 Å². The number of carbonyl (C=O) groups excluding carboxylic acids is 1. The topological polar surface area (TPSA) is 61.5 Å². The Morgan fingerprint density at radius 3 is 2.57 bits per heavy atom. The van der Waals surface area contributed by atoms with Gasteiger partial charge in [-0.2, -0.15) is 5.26 Å². The molecule has 28 heavy (non-hydrogen) atoms. The summed E-state index contributed by atoms with van der Waals surface area (Å²) in [5, 5.41) is 10.6. The summed E-state index contributed by atoms with van der Waals surface area (Å²) in [6.07, 6.45) is 0. The minimum Gasteiger partial charge on any atom is -0.331 e. The van der Waals surface area contributed by atoms with E-state index in [1.807, 2.05) is 31.2 Å². The molecule has 1 aliphatic rings. The molecule has 0 radical (unpaired) electrons. The van der Waals surface area contributed by atoms with Gasteiger partial charge < -0.3 is 4.90 Å². The number of aryl methyl sites for hydroxylation is 1. The molecule has 140 valence electrons. The molecule has 0 aliphatic carbocycles. The highest BCUT2D eigenvalue weighted by atomic mass is 19.1. The number of carbonyl (C=O) groups is 1. The van der Waals surface area contributed by atoms with Gasteiger partial charge in [-0.3, -0.25) is 9.69 Å². The van der Waals surface area contributed by atoms with E-state index in [1.54, 1.807) is 17.0 Å². The van der Waals surface area contributed by atoms with E-state index in [2.05, 4.69) is 16.0 Å². The Labute approximate surface area is 162 Å². The van der Waals surface area contributed by atoms with Gasteiger partial charge in [-0.05, 0) is 37.3 Å². The molecule has 1 aromatic heterocycles. The minimum atomic E-state index is -0.500. The van der Waals surface area contributed by atoms with Crippen LogP contribution in [-0.2, 0) is 0 Å². The summed E-state index contributed by atoms with van der Waals surface area (Å²) in [7, 11) is 0. The number of piperazine rings is 1. The van der Waals surface area contributed by atoms with Crippen molar-refractivity contribution in [2.75, 3.05) is 31.1 Å². The number of H-pyrrole nitrogens is 1. The molecular formula is C22H20FN4O+. The smallest absolute Gasteiger partial charge is 0.293 e. The van der Waals surface area contributed by atoms with Crippen molar-refractivity contribution >= 4 is 22.6 Å². The van der Waals surface area contributed by atoms with Crippen LogP contribution in [0.3, 0.4) is 0 Å². The number of hydrogen-bond donors (Lipinski definition) is 0. The van der Waals surface area contributed by atoms with Gasteiger partial charge in [0.1, 0.15) is 36.1 Å². The third kappa shape index (κ3) is 3.27. The summed E-state index contributed by atoms with van der Waals surface area (Å²) in [6, 6.07) is 16.3. The van der Waals surface area contributed by atoms with E-state index in [0.717, 1.165) is 22.3 Å². The number of aromatic amines is 1. The standard InChI is InChI=1S/C22H19FN4O/c1-15-6-7-20-16(12-15)13-17(14-24)21(25-20)26-8-10-27(11-9-26)22(28)18-4-2-3-5-19(18)23/h2-7,12-13H,8-11H2,1H3/p+1. The Bertz CT molecular complexity index is 1100. The predicted octanol–water partition coefficient (Wildman–Crippen LogP) is 2.94. The average molecular weight is 375 g/mol. The third-order valence-electron chi connectivity index (χ3n) is 5.12. The maximum Gasteiger partial charge on any atom is 0.293 e. The number of benzene rings is 2. The molecule has 1 amide bonds. The van der Waals surface area contributed by atoms with E-state index in [4.69, 9.17) is 0 Å². The lowest BCUT2D eigenvalue weighted by atomic mass is 10.1. The normalized spacial score (nSPS) is 14.2. The summed E-state index contributed by atoms with van der Waals surface area (Å²) >= 11 is 0. The number of anilines is 1. The van der Waals surface area contributed by atoms with Gasteiger partial charge in [0.25, 0.3) is 11.7 Å². The van der Waals surface area contributed by atoms with Crippen LogP contribution in [0.2, 0.25) is 0 Å². The van der Waals surface area contributed by atoms with Crippen LogP contribution >= 0.6 is 0 Å². The molecule has 0 atom stereocenters. The van der Waals surface area contributed by atoms with Gasteiger partial charge in [0.15, 0.2) is 0 Å². The number of rotatable bonds is 2. The van der Waals surface area contributed by atoms with E-state index in [9.17, 15) is 14.4 Å². The van der Waals surface area contributed by atoms with Crippen LogP contribution < -0.4 is 9.88 Å². The molecule has 0 bridgehead atoms. The summed E-state index contributed by atoms with van der Waals surface area (Å²) < 4.78 is 13.9. The van der Waals surface area contributed by atoms with Gasteiger partial charge in [-0.15, -0.1) is 0 Å². The molecule has 1 N–H and O–H groups in total. The fourth-order valence-corrected chi connectivity index (χ4v) is 3.61. The number of aromatic nitrogens is 1. The van der Waals surface area contributed by atoms with Gasteiger partial charge in [-0.1, -0.05) is 23.8 Å². The highest BCUT2D eigenvalue weighted by Gasteiger charge is 2.30. The summed E-state index contributed by atoms with van der Waals surface area (Å²) in [6.45, 7) is 4.10. The Kier molecular flexibility index (Phi) is 4.66. The summed E-state index contributed by atoms with van der Waals surface area (Å²) in [4.78, 5) is 19.7. The van der Waals surface area contributed by atoms with E-state index < -0.39 is 5.82 Å². The Balaban J connectivity index is 1.55. The van der Waals surface area contributed by atoms with Gasteiger partial charge in [0.05, 0.1) is 18.7 Å². The fraction of sp³-hybridized carbons (Fsp3) is 0.227. The first-order valence-corrected chi connectivity index (χ1v) is 9.22. The Morgan fingerprint density at radius 2 is 1.86 bits per heavy atom. The van der Waals surface area contributed by atoms with Gasteiger partial charge in [0, 0.05) is 5.39 Å². The van der Waals surface area contributed by atoms with E-state index in [0.29, 0.717) is 31.7 Å². The molecule has 1 aliphatic heterocycles. The molecule has 3 aromatic rings. The third-order valence-corrected chi connectivity index (χ3v) is 5.12. The second kappa shape index (κ2) is 7.28. The number of fused-ring (bicyclic) bond motifs is 1. The van der Waals surface area contributed by atoms with Crippen LogP contribution in [0.5, 0.6) is 0 Å². The van der Waals surface area contributed by atoms with Crippen molar-refractivity contribution in [2.45, 2.75) is 6.92 Å². The van der Waals surface area contributed by atoms with E-state index >= 15 is 0 Å². The number of amides is 1. The monoisotopic (exact) mass is 375 g/mol. The van der Waals surface area contributed by atoms with Gasteiger partial charge in [0.2, 0.25) is 0 Å². The lowest BCUT2D eigenvalue weighted by Crippen LogP contribution is -2.50. The van der Waals surface area contributed by atoms with Crippen LogP contribution in [0.25, 0.3) is 10.9 Å². The molecule has 2 heterocycles. The first kappa shape index (κ1) is 17.9. The highest BCUT2D eigenvalue weighted by Crippen LogP contribution is 2.22. The molecule has 1 fully saturated rings. The fourth-order valence-electron chi connectivity index (χ4n) is 3.61. The molecule has 0 unspecified atom stereocenters. The van der Waals surface area contributed by atoms with Crippen LogP contribution in [-0.4, -0.2) is 37.0 Å². The van der Waals surface area contributed by atoms with Crippen LogP contribution in [0, 0.1) is 24.1 Å². The molecule has 4 rings (SSSR count). The summed E-state index contributed by atoms with van der Waals surface area (Å²) in [5.74, 6) is -0.0343. The number of halogens is 1. The number of nitriles is 1. The van der Waals surface area contributed by atoms with Crippen molar-refractivity contribution in [3.63, 3.8) is 0 Å². The lowest BCUT2D eigenvalue weighted by Gasteiger charge is -2.31. The van der Waals surface area contributed by atoms with Crippen molar-refractivity contribution in [1.82, 2.24) is 4.90 Å². The molecular weight excluding hydrogens is 355 g/mol. The molecule has 0 spiro atoms. The zero-order chi connectivity index (χ0) is 19.7. The SMILES string of the molecule is Cc1ccc2[nH+]c(N3CCN(C(=O)c4ccccc4F)CC3)c(C#N)cc2c1. The van der Waals surface area contributed by atoms with E-state index in [1.165, 1.54) is 12.1 Å². The number of nitrogens with one attached hydrogen (secondary N) is 1. The number of nitrogens with zero attached hydrogens (tertiary/aromatic N) is 3. The molecule has 1 saturated heterocycles.